The molecular formula is C35H30N4O2. The smallest absolute Gasteiger partial charge is 0.281 e. The van der Waals surface area contributed by atoms with Crippen LogP contribution in [0.1, 0.15) is 30.0 Å². The zero-order valence-corrected chi connectivity index (χ0v) is 23.1. The minimum absolute atomic E-state index is 0.187. The molecule has 1 aliphatic rings. The quantitative estimate of drug-likeness (QED) is 0.193. The molecule has 6 rings (SSSR count). The fourth-order valence-corrected chi connectivity index (χ4v) is 4.85. The van der Waals surface area contributed by atoms with E-state index in [4.69, 9.17) is 14.9 Å². The topological polar surface area (TPSA) is 59.7 Å². The Morgan fingerprint density at radius 3 is 2.12 bits per heavy atom. The maximum Gasteiger partial charge on any atom is 0.281 e. The van der Waals surface area contributed by atoms with Gasteiger partial charge in [0.25, 0.3) is 5.91 Å². The number of para-hydroxylation sites is 2. The van der Waals surface area contributed by atoms with Crippen molar-refractivity contribution < 1.29 is 9.53 Å². The Labute approximate surface area is 239 Å². The summed E-state index contributed by atoms with van der Waals surface area (Å²) in [4.78, 5) is 13.9. The third kappa shape index (κ3) is 5.32. The predicted molar refractivity (Wildman–Crippen MR) is 164 cm³/mol. The molecule has 6 nitrogen and oxygen atoms in total. The van der Waals surface area contributed by atoms with Gasteiger partial charge in [-0.15, -0.1) is 0 Å². The lowest BCUT2D eigenvalue weighted by Crippen LogP contribution is -2.21. The molecule has 0 spiro atoms. The van der Waals surface area contributed by atoms with E-state index in [1.165, 1.54) is 5.01 Å². The molecule has 6 heteroatoms. The van der Waals surface area contributed by atoms with Crippen molar-refractivity contribution in [3.05, 3.63) is 138 Å². The molecule has 0 fully saturated rings. The van der Waals surface area contributed by atoms with Gasteiger partial charge in [0, 0.05) is 22.9 Å². The predicted octanol–water partition coefficient (Wildman–Crippen LogP) is 7.47. The average molecular weight is 539 g/mol. The van der Waals surface area contributed by atoms with Crippen LogP contribution in [0.25, 0.3) is 23.0 Å². The molecule has 0 saturated carbocycles. The van der Waals surface area contributed by atoms with Crippen LogP contribution in [0, 0.1) is 6.92 Å². The van der Waals surface area contributed by atoms with E-state index in [2.05, 4.69) is 13.0 Å². The number of benzene rings is 4. The van der Waals surface area contributed by atoms with Crippen LogP contribution in [-0.2, 0) is 4.79 Å². The summed E-state index contributed by atoms with van der Waals surface area (Å²) in [6.45, 7) is 4.80. The molecule has 202 valence electrons. The van der Waals surface area contributed by atoms with E-state index in [1.807, 2.05) is 127 Å². The van der Waals surface area contributed by atoms with Gasteiger partial charge in [0.2, 0.25) is 0 Å². The molecule has 0 bridgehead atoms. The van der Waals surface area contributed by atoms with Crippen LogP contribution in [0.4, 0.5) is 5.69 Å². The molecule has 4 aromatic carbocycles. The van der Waals surface area contributed by atoms with E-state index < -0.39 is 0 Å². The number of hydrogen-bond acceptors (Lipinski definition) is 4. The normalized spacial score (nSPS) is 14.0. The number of nitrogens with zero attached hydrogens (tertiary/aromatic N) is 4. The zero-order valence-electron chi connectivity index (χ0n) is 23.1. The number of ether oxygens (including phenoxy) is 1. The molecule has 0 atom stereocenters. The summed E-state index contributed by atoms with van der Waals surface area (Å²) in [7, 11) is 0. The van der Waals surface area contributed by atoms with Crippen molar-refractivity contribution >= 4 is 23.4 Å². The van der Waals surface area contributed by atoms with Crippen molar-refractivity contribution in [3.8, 4) is 22.7 Å². The fourth-order valence-electron chi connectivity index (χ4n) is 4.85. The van der Waals surface area contributed by atoms with Crippen molar-refractivity contribution in [2.75, 3.05) is 11.6 Å². The van der Waals surface area contributed by atoms with Crippen LogP contribution in [0.2, 0.25) is 0 Å². The Morgan fingerprint density at radius 1 is 0.805 bits per heavy atom. The molecule has 2 heterocycles. The summed E-state index contributed by atoms with van der Waals surface area (Å²) in [5, 5.41) is 11.3. The number of aryl methyl sites for hydroxylation is 1. The average Bonchev–Trinajstić information content (AvgIpc) is 3.59. The van der Waals surface area contributed by atoms with Crippen molar-refractivity contribution in [1.29, 1.82) is 0 Å². The Morgan fingerprint density at radius 2 is 1.46 bits per heavy atom. The number of anilines is 1. The summed E-state index contributed by atoms with van der Waals surface area (Å²) >= 11 is 0. The van der Waals surface area contributed by atoms with Gasteiger partial charge in [-0.05, 0) is 67.4 Å². The van der Waals surface area contributed by atoms with Gasteiger partial charge in [0.1, 0.15) is 11.5 Å². The largest absolute Gasteiger partial charge is 0.493 e. The van der Waals surface area contributed by atoms with Gasteiger partial charge in [0.05, 0.1) is 29.2 Å². The Bertz CT molecular complexity index is 1740. The molecule has 1 amide bonds. The minimum atomic E-state index is -0.187. The van der Waals surface area contributed by atoms with Gasteiger partial charge in [-0.25, -0.2) is 4.68 Å². The van der Waals surface area contributed by atoms with E-state index in [0.717, 1.165) is 45.8 Å². The van der Waals surface area contributed by atoms with Crippen LogP contribution in [-0.4, -0.2) is 28.0 Å². The maximum atomic E-state index is 13.9. The fraction of sp³-hybridized carbons (Fsp3) is 0.114. The summed E-state index contributed by atoms with van der Waals surface area (Å²) < 4.78 is 7.77. The molecule has 0 N–H and O–H groups in total. The van der Waals surface area contributed by atoms with Crippen molar-refractivity contribution in [2.24, 2.45) is 5.10 Å². The first-order valence-corrected chi connectivity index (χ1v) is 13.8. The van der Waals surface area contributed by atoms with Crippen LogP contribution in [0.15, 0.2) is 126 Å². The molecule has 1 aliphatic heterocycles. The number of carbonyl (C=O) groups is 1. The van der Waals surface area contributed by atoms with E-state index >= 15 is 0 Å². The second-order valence-corrected chi connectivity index (χ2v) is 9.87. The first kappa shape index (κ1) is 26.0. The highest BCUT2D eigenvalue weighted by Crippen LogP contribution is 2.33. The van der Waals surface area contributed by atoms with Gasteiger partial charge < -0.3 is 4.74 Å². The highest BCUT2D eigenvalue weighted by molar-refractivity contribution is 6.37. The number of hydrazone groups is 1. The summed E-state index contributed by atoms with van der Waals surface area (Å²) in [5.74, 6) is 0.675. The lowest BCUT2D eigenvalue weighted by Gasteiger charge is -2.11. The molecule has 0 unspecified atom stereocenters. The second kappa shape index (κ2) is 11.5. The molecule has 1 aromatic heterocycles. The lowest BCUT2D eigenvalue weighted by atomic mass is 9.98. The molecule has 41 heavy (non-hydrogen) atoms. The second-order valence-electron chi connectivity index (χ2n) is 9.87. The van der Waals surface area contributed by atoms with Gasteiger partial charge in [0.15, 0.2) is 0 Å². The van der Waals surface area contributed by atoms with Crippen LogP contribution in [0.5, 0.6) is 5.75 Å². The minimum Gasteiger partial charge on any atom is -0.493 e. The zero-order chi connectivity index (χ0) is 28.2. The van der Waals surface area contributed by atoms with Crippen LogP contribution in [0.3, 0.4) is 0 Å². The van der Waals surface area contributed by atoms with E-state index in [1.54, 1.807) is 0 Å². The first-order valence-electron chi connectivity index (χ1n) is 13.8. The molecule has 0 aliphatic carbocycles. The highest BCUT2D eigenvalue weighted by atomic mass is 16.5. The number of amides is 1. The maximum absolute atomic E-state index is 13.9. The van der Waals surface area contributed by atoms with E-state index in [9.17, 15) is 4.79 Å². The van der Waals surface area contributed by atoms with Crippen molar-refractivity contribution in [2.45, 2.75) is 20.3 Å². The summed E-state index contributed by atoms with van der Waals surface area (Å²) in [6, 6.07) is 35.4. The Balaban J connectivity index is 1.49. The van der Waals surface area contributed by atoms with Crippen LogP contribution >= 0.6 is 0 Å². The third-order valence-electron chi connectivity index (χ3n) is 6.90. The van der Waals surface area contributed by atoms with E-state index in [0.29, 0.717) is 23.6 Å². The first-order chi connectivity index (χ1) is 20.1. The monoisotopic (exact) mass is 538 g/mol. The van der Waals surface area contributed by atoms with Crippen molar-refractivity contribution in [3.63, 3.8) is 0 Å². The van der Waals surface area contributed by atoms with Gasteiger partial charge in [-0.2, -0.15) is 15.2 Å². The Hall–Kier alpha value is -5.23. The molecular weight excluding hydrogens is 508 g/mol. The summed E-state index contributed by atoms with van der Waals surface area (Å²) in [5.41, 5.74) is 7.20. The van der Waals surface area contributed by atoms with Gasteiger partial charge in [-0.1, -0.05) is 73.7 Å². The van der Waals surface area contributed by atoms with E-state index in [-0.39, 0.29) is 5.91 Å². The van der Waals surface area contributed by atoms with Gasteiger partial charge in [-0.3, -0.25) is 4.79 Å². The summed E-state index contributed by atoms with van der Waals surface area (Å²) in [6.07, 6.45) is 4.82. The standard InChI is InChI=1S/C35H30N4O2/c1-3-21-41-32-20-19-27(22-25(32)2)33-28(24-38(36-33)29-15-9-5-10-16-29)23-31-34(26-13-7-4-8-14-26)37-39(35(31)40)30-17-11-6-12-18-30/h4-20,22-24H,3,21H2,1-2H3. The van der Waals surface area contributed by atoms with Crippen LogP contribution < -0.4 is 9.75 Å². The number of hydrogen-bond donors (Lipinski definition) is 0. The molecule has 0 saturated heterocycles. The highest BCUT2D eigenvalue weighted by Gasteiger charge is 2.32. The number of aromatic nitrogens is 2. The van der Waals surface area contributed by atoms with Crippen molar-refractivity contribution in [1.82, 2.24) is 9.78 Å². The Kier molecular flexibility index (Phi) is 7.28. The molecule has 0 radical (unpaired) electrons. The number of rotatable bonds is 8. The number of carbonyl (C=O) groups excluding carboxylic acids is 1. The lowest BCUT2D eigenvalue weighted by molar-refractivity contribution is -0.114. The molecule has 5 aromatic rings. The van der Waals surface area contributed by atoms with Gasteiger partial charge >= 0.3 is 0 Å². The SMILES string of the molecule is CCCOc1ccc(-c2nn(-c3ccccc3)cc2C=C2C(=O)N(c3ccccc3)N=C2c2ccccc2)cc1C. The third-order valence-corrected chi connectivity index (χ3v) is 6.90.